The van der Waals surface area contributed by atoms with Crippen LogP contribution in [0.5, 0.6) is 0 Å². The average molecular weight is 323 g/mol. The Morgan fingerprint density at radius 1 is 1.30 bits per heavy atom. The van der Waals surface area contributed by atoms with E-state index in [9.17, 15) is 13.6 Å². The van der Waals surface area contributed by atoms with Crippen LogP contribution in [0, 0.1) is 17.6 Å². The number of hydrogen-bond acceptors (Lipinski definition) is 3. The van der Waals surface area contributed by atoms with Crippen LogP contribution in [-0.4, -0.2) is 43.0 Å². The van der Waals surface area contributed by atoms with Gasteiger partial charge in [0.05, 0.1) is 5.92 Å². The zero-order valence-electron chi connectivity index (χ0n) is 13.2. The van der Waals surface area contributed by atoms with Crippen LogP contribution >= 0.6 is 0 Å². The lowest BCUT2D eigenvalue weighted by Crippen LogP contribution is -2.49. The molecular weight excluding hydrogens is 300 g/mol. The third kappa shape index (κ3) is 4.06. The number of amides is 1. The fourth-order valence-electron chi connectivity index (χ4n) is 3.42. The maximum atomic E-state index is 13.8. The molecule has 1 aromatic rings. The lowest BCUT2D eigenvalue weighted by atomic mass is 10.0. The number of nitrogens with zero attached hydrogens (tertiary/aromatic N) is 1. The van der Waals surface area contributed by atoms with Crippen LogP contribution in [0.3, 0.4) is 0 Å². The number of carbonyl (C=O) groups is 1. The molecule has 1 amide bonds. The molecule has 2 aliphatic heterocycles. The number of piperidine rings is 1. The van der Waals surface area contributed by atoms with Crippen LogP contribution in [0.15, 0.2) is 18.2 Å². The highest BCUT2D eigenvalue weighted by Crippen LogP contribution is 2.19. The molecule has 0 aliphatic carbocycles. The van der Waals surface area contributed by atoms with Gasteiger partial charge in [-0.3, -0.25) is 9.69 Å². The Balaban J connectivity index is 1.56. The quantitative estimate of drug-likeness (QED) is 0.886. The van der Waals surface area contributed by atoms with Gasteiger partial charge in [-0.1, -0.05) is 6.07 Å². The molecule has 0 spiro atoms. The minimum atomic E-state index is -0.506. The van der Waals surface area contributed by atoms with Crippen LogP contribution < -0.4 is 10.6 Å². The lowest BCUT2D eigenvalue weighted by Gasteiger charge is -2.33. The highest BCUT2D eigenvalue weighted by molar-refractivity contribution is 5.79. The van der Waals surface area contributed by atoms with Gasteiger partial charge in [-0.25, -0.2) is 8.78 Å². The zero-order valence-corrected chi connectivity index (χ0v) is 13.2. The van der Waals surface area contributed by atoms with Crippen molar-refractivity contribution in [2.45, 2.75) is 31.8 Å². The third-order valence-electron chi connectivity index (χ3n) is 4.73. The van der Waals surface area contributed by atoms with Crippen LogP contribution in [0.2, 0.25) is 0 Å². The molecule has 126 valence electrons. The summed E-state index contributed by atoms with van der Waals surface area (Å²) >= 11 is 0. The van der Waals surface area contributed by atoms with Crippen molar-refractivity contribution in [1.82, 2.24) is 15.5 Å². The molecule has 0 aromatic heterocycles. The van der Waals surface area contributed by atoms with Gasteiger partial charge in [0.1, 0.15) is 11.6 Å². The van der Waals surface area contributed by atoms with Crippen molar-refractivity contribution in [2.75, 3.05) is 26.2 Å². The van der Waals surface area contributed by atoms with Crippen molar-refractivity contribution in [3.05, 3.63) is 35.4 Å². The summed E-state index contributed by atoms with van der Waals surface area (Å²) < 4.78 is 27.5. The van der Waals surface area contributed by atoms with Gasteiger partial charge < -0.3 is 10.6 Å². The van der Waals surface area contributed by atoms with Gasteiger partial charge in [0.25, 0.3) is 0 Å². The number of hydrogen-bond donors (Lipinski definition) is 2. The topological polar surface area (TPSA) is 44.4 Å². The molecule has 0 radical (unpaired) electrons. The highest BCUT2D eigenvalue weighted by Gasteiger charge is 2.27. The van der Waals surface area contributed by atoms with E-state index in [-0.39, 0.29) is 30.0 Å². The molecule has 6 heteroatoms. The van der Waals surface area contributed by atoms with Gasteiger partial charge >= 0.3 is 0 Å². The fourth-order valence-corrected chi connectivity index (χ4v) is 3.42. The van der Waals surface area contributed by atoms with Crippen LogP contribution in [0.4, 0.5) is 8.78 Å². The van der Waals surface area contributed by atoms with E-state index in [1.54, 1.807) is 0 Å². The minimum absolute atomic E-state index is 0.0504. The Morgan fingerprint density at radius 2 is 2.09 bits per heavy atom. The van der Waals surface area contributed by atoms with E-state index in [4.69, 9.17) is 0 Å². The molecule has 2 atom stereocenters. The standard InChI is InChI=1S/C17H23F2N3O/c18-15-4-1-5-16(19)14(15)11-22-8-2-3-13(10-22)21-17(23)12-6-7-20-9-12/h1,4-5,12-13,20H,2-3,6-11H2,(H,21,23)/t12-,13-/m0/s1. The SMILES string of the molecule is O=C(N[C@H]1CCCN(Cc2c(F)cccc2F)C1)[C@H]1CCNC1. The van der Waals surface area contributed by atoms with E-state index in [1.165, 1.54) is 18.2 Å². The van der Waals surface area contributed by atoms with Gasteiger partial charge in [-0.05, 0) is 44.5 Å². The highest BCUT2D eigenvalue weighted by atomic mass is 19.1. The predicted octanol–water partition coefficient (Wildman–Crippen LogP) is 1.65. The normalized spacial score (nSPS) is 25.5. The molecule has 2 heterocycles. The first-order valence-corrected chi connectivity index (χ1v) is 8.30. The van der Waals surface area contributed by atoms with Gasteiger partial charge in [-0.2, -0.15) is 0 Å². The third-order valence-corrected chi connectivity index (χ3v) is 4.73. The lowest BCUT2D eigenvalue weighted by molar-refractivity contribution is -0.125. The Kier molecular flexibility index (Phi) is 5.23. The molecule has 0 saturated carbocycles. The molecule has 0 unspecified atom stereocenters. The molecule has 2 fully saturated rings. The van der Waals surface area contributed by atoms with Crippen molar-refractivity contribution >= 4 is 5.91 Å². The Bertz CT molecular complexity index is 541. The van der Waals surface area contributed by atoms with E-state index in [2.05, 4.69) is 10.6 Å². The zero-order chi connectivity index (χ0) is 16.2. The molecule has 2 saturated heterocycles. The van der Waals surface area contributed by atoms with Gasteiger partial charge in [0.15, 0.2) is 0 Å². The Morgan fingerprint density at radius 3 is 2.78 bits per heavy atom. The summed E-state index contributed by atoms with van der Waals surface area (Å²) in [5.74, 6) is -0.866. The van der Waals surface area contributed by atoms with Crippen molar-refractivity contribution in [2.24, 2.45) is 5.92 Å². The summed E-state index contributed by atoms with van der Waals surface area (Å²) in [4.78, 5) is 14.2. The Hall–Kier alpha value is -1.53. The molecule has 2 N–H and O–H groups in total. The summed E-state index contributed by atoms with van der Waals surface area (Å²) in [6, 6.07) is 4.01. The first-order valence-electron chi connectivity index (χ1n) is 8.30. The molecule has 2 aliphatic rings. The summed E-state index contributed by atoms with van der Waals surface area (Å²) in [5.41, 5.74) is 0.111. The molecular formula is C17H23F2N3O. The van der Waals surface area contributed by atoms with Crippen LogP contribution in [0.25, 0.3) is 0 Å². The van der Waals surface area contributed by atoms with E-state index < -0.39 is 11.6 Å². The summed E-state index contributed by atoms with van der Waals surface area (Å²) in [6.45, 7) is 3.31. The predicted molar refractivity (Wildman–Crippen MR) is 83.8 cm³/mol. The van der Waals surface area contributed by atoms with Crippen molar-refractivity contribution < 1.29 is 13.6 Å². The summed E-state index contributed by atoms with van der Waals surface area (Å²) in [7, 11) is 0. The smallest absolute Gasteiger partial charge is 0.224 e. The first-order chi connectivity index (χ1) is 11.1. The molecule has 23 heavy (non-hydrogen) atoms. The minimum Gasteiger partial charge on any atom is -0.352 e. The number of rotatable bonds is 4. The second-order valence-corrected chi connectivity index (χ2v) is 6.47. The number of halogens is 2. The van der Waals surface area contributed by atoms with Crippen LogP contribution in [0.1, 0.15) is 24.8 Å². The monoisotopic (exact) mass is 323 g/mol. The second kappa shape index (κ2) is 7.36. The molecule has 4 nitrogen and oxygen atoms in total. The first kappa shape index (κ1) is 16.3. The van der Waals surface area contributed by atoms with E-state index >= 15 is 0 Å². The number of likely N-dealkylation sites (tertiary alicyclic amines) is 1. The molecule has 3 rings (SSSR count). The van der Waals surface area contributed by atoms with Gasteiger partial charge in [0.2, 0.25) is 5.91 Å². The van der Waals surface area contributed by atoms with Crippen molar-refractivity contribution in [3.63, 3.8) is 0 Å². The summed E-state index contributed by atoms with van der Waals surface area (Å²) in [6.07, 6.45) is 2.72. The maximum absolute atomic E-state index is 13.8. The Labute approximate surface area is 135 Å². The largest absolute Gasteiger partial charge is 0.352 e. The van der Waals surface area contributed by atoms with E-state index in [0.717, 1.165) is 38.9 Å². The maximum Gasteiger partial charge on any atom is 0.224 e. The average Bonchev–Trinajstić information content (AvgIpc) is 3.06. The number of benzene rings is 1. The summed E-state index contributed by atoms with van der Waals surface area (Å²) in [5, 5.41) is 6.29. The van der Waals surface area contributed by atoms with Crippen molar-refractivity contribution in [3.8, 4) is 0 Å². The number of nitrogens with one attached hydrogen (secondary N) is 2. The van der Waals surface area contributed by atoms with Crippen LogP contribution in [-0.2, 0) is 11.3 Å². The van der Waals surface area contributed by atoms with Crippen molar-refractivity contribution in [1.29, 1.82) is 0 Å². The fraction of sp³-hybridized carbons (Fsp3) is 0.588. The van der Waals surface area contributed by atoms with E-state index in [0.29, 0.717) is 6.54 Å². The van der Waals surface area contributed by atoms with E-state index in [1.807, 2.05) is 4.90 Å². The van der Waals surface area contributed by atoms with Gasteiger partial charge in [-0.15, -0.1) is 0 Å². The molecule has 0 bridgehead atoms. The molecule has 1 aromatic carbocycles. The number of carbonyl (C=O) groups excluding carboxylic acids is 1. The van der Waals surface area contributed by atoms with Gasteiger partial charge in [0, 0.05) is 31.2 Å². The second-order valence-electron chi connectivity index (χ2n) is 6.47.